The fourth-order valence-electron chi connectivity index (χ4n) is 3.72. The topological polar surface area (TPSA) is 109 Å². The van der Waals surface area contributed by atoms with Gasteiger partial charge in [-0.3, -0.25) is 4.79 Å². The molecule has 0 saturated heterocycles. The molecule has 0 fully saturated rings. The van der Waals surface area contributed by atoms with Gasteiger partial charge in [0.15, 0.2) is 6.61 Å². The first-order valence-corrected chi connectivity index (χ1v) is 11.2. The predicted octanol–water partition coefficient (Wildman–Crippen LogP) is 4.11. The number of allylic oxidation sites excluding steroid dienone is 3. The van der Waals surface area contributed by atoms with Crippen molar-refractivity contribution >= 4 is 17.6 Å². The number of rotatable bonds is 5. The highest BCUT2D eigenvalue weighted by Gasteiger charge is 2.22. The lowest BCUT2D eigenvalue weighted by molar-refractivity contribution is -0.139. The number of nitrogens with zero attached hydrogens (tertiary/aromatic N) is 2. The number of carbonyl (C=O) groups is 2. The maximum absolute atomic E-state index is 12.6. The normalized spacial score (nSPS) is 16.4. The number of aromatic hydroxyl groups is 2. The summed E-state index contributed by atoms with van der Waals surface area (Å²) in [5, 5.41) is 24.4. The van der Waals surface area contributed by atoms with E-state index in [4.69, 9.17) is 9.57 Å². The summed E-state index contributed by atoms with van der Waals surface area (Å²) in [4.78, 5) is 32.2. The monoisotopic (exact) mass is 458 g/mol. The van der Waals surface area contributed by atoms with Gasteiger partial charge >= 0.3 is 5.97 Å². The molecule has 0 atom stereocenters. The Hall–Kier alpha value is -3.29. The summed E-state index contributed by atoms with van der Waals surface area (Å²) < 4.78 is 5.28. The number of hydrogen-bond donors (Lipinski definition) is 2. The van der Waals surface area contributed by atoms with E-state index in [1.807, 2.05) is 45.9 Å². The number of phenolic OH excluding ortho intramolecular Hbond substituents is 2. The second-order valence-corrected chi connectivity index (χ2v) is 8.40. The van der Waals surface area contributed by atoms with Gasteiger partial charge in [0.1, 0.15) is 17.1 Å². The quantitative estimate of drug-likeness (QED) is 0.390. The first kappa shape index (κ1) is 26.0. The average molecular weight is 459 g/mol. The Morgan fingerprint density at radius 2 is 1.76 bits per heavy atom. The summed E-state index contributed by atoms with van der Waals surface area (Å²) in [6.07, 6.45) is 9.86. The third-order valence-electron chi connectivity index (χ3n) is 5.02. The van der Waals surface area contributed by atoms with Crippen LogP contribution in [-0.2, 0) is 20.8 Å². The minimum Gasteiger partial charge on any atom is -0.508 e. The van der Waals surface area contributed by atoms with E-state index in [9.17, 15) is 19.8 Å². The highest BCUT2D eigenvalue weighted by Crippen LogP contribution is 2.29. The maximum atomic E-state index is 12.6. The van der Waals surface area contributed by atoms with Crippen molar-refractivity contribution < 1.29 is 29.4 Å². The highest BCUT2D eigenvalue weighted by molar-refractivity contribution is 6.00. The third-order valence-corrected chi connectivity index (χ3v) is 5.02. The molecule has 0 spiro atoms. The highest BCUT2D eigenvalue weighted by atomic mass is 16.6. The van der Waals surface area contributed by atoms with Crippen molar-refractivity contribution in [3.63, 3.8) is 0 Å². The molecule has 0 radical (unpaired) electrons. The molecule has 0 aromatic heterocycles. The number of hydrogen-bond acceptors (Lipinski definition) is 7. The molecule has 33 heavy (non-hydrogen) atoms. The van der Waals surface area contributed by atoms with E-state index in [0.717, 1.165) is 18.9 Å². The van der Waals surface area contributed by atoms with E-state index in [0.29, 0.717) is 17.7 Å². The zero-order valence-corrected chi connectivity index (χ0v) is 19.8. The molecule has 1 heterocycles. The zero-order valence-electron chi connectivity index (χ0n) is 19.8. The van der Waals surface area contributed by atoms with Crippen molar-refractivity contribution in [2.24, 2.45) is 5.16 Å². The molecular weight excluding hydrogens is 424 g/mol. The van der Waals surface area contributed by atoms with Crippen LogP contribution in [0.25, 0.3) is 0 Å². The second-order valence-electron chi connectivity index (χ2n) is 8.40. The van der Waals surface area contributed by atoms with Crippen LogP contribution >= 0.6 is 0 Å². The predicted molar refractivity (Wildman–Crippen MR) is 126 cm³/mol. The molecule has 8 nitrogen and oxygen atoms in total. The molecule has 1 aliphatic rings. The fraction of sp³-hybridized carbons (Fsp3) is 0.480. The van der Waals surface area contributed by atoms with Crippen molar-refractivity contribution in [2.45, 2.75) is 65.5 Å². The van der Waals surface area contributed by atoms with Crippen LogP contribution in [-0.4, -0.2) is 58.0 Å². The van der Waals surface area contributed by atoms with Crippen molar-refractivity contribution in [3.05, 3.63) is 47.6 Å². The van der Waals surface area contributed by atoms with Gasteiger partial charge in [-0.1, -0.05) is 23.4 Å². The van der Waals surface area contributed by atoms with E-state index in [2.05, 4.69) is 5.16 Å². The van der Waals surface area contributed by atoms with Gasteiger partial charge in [0.25, 0.3) is 5.91 Å². The molecule has 1 amide bonds. The largest absolute Gasteiger partial charge is 0.508 e. The van der Waals surface area contributed by atoms with Crippen LogP contribution < -0.4 is 0 Å². The molecule has 2 N–H and O–H groups in total. The summed E-state index contributed by atoms with van der Waals surface area (Å²) in [5.74, 6) is -1.43. The van der Waals surface area contributed by atoms with Gasteiger partial charge in [0.2, 0.25) is 0 Å². The molecule has 0 saturated carbocycles. The number of phenols is 2. The molecule has 1 aromatic carbocycles. The molecule has 8 heteroatoms. The number of amides is 1. The maximum Gasteiger partial charge on any atom is 0.342 e. The van der Waals surface area contributed by atoms with Gasteiger partial charge in [-0.2, -0.15) is 0 Å². The van der Waals surface area contributed by atoms with Crippen LogP contribution in [0.2, 0.25) is 0 Å². The lowest BCUT2D eigenvalue weighted by Gasteiger charge is -2.30. The van der Waals surface area contributed by atoms with Crippen LogP contribution in [0, 0.1) is 0 Å². The number of carbonyl (C=O) groups excluding carboxylic acids is 2. The van der Waals surface area contributed by atoms with E-state index in [-0.39, 0.29) is 54.7 Å². The van der Waals surface area contributed by atoms with Crippen molar-refractivity contribution in [3.8, 4) is 11.5 Å². The molecule has 1 aliphatic heterocycles. The second kappa shape index (κ2) is 12.7. The van der Waals surface area contributed by atoms with Crippen LogP contribution in [0.1, 0.15) is 62.9 Å². The average Bonchev–Trinajstić information content (AvgIpc) is 2.70. The number of oxime groups is 1. The standard InChI is InChI=1S/C25H34N2O6/c1-17(2)27(18(3)4)23(30)16-33-26-20-11-9-7-5-6-8-10-12-32-25(31)24-19(13-20)14-21(28)15-22(24)29/h6,8-9,11,14-15,17-18,28-29H,5,7,10,12-13,16H2,1-4H3. The minimum absolute atomic E-state index is 0.0277. The molecule has 2 rings (SSSR count). The van der Waals surface area contributed by atoms with Gasteiger partial charge < -0.3 is 24.7 Å². The van der Waals surface area contributed by atoms with E-state index < -0.39 is 5.97 Å². The van der Waals surface area contributed by atoms with E-state index in [1.165, 1.54) is 6.07 Å². The van der Waals surface area contributed by atoms with Crippen LogP contribution in [0.5, 0.6) is 11.5 Å². The SMILES string of the molecule is CC(C)N(C(=O)CON=C1C=CCCC=CCCOC(=O)c2c(O)cc(O)cc2C1)C(C)C. The molecule has 0 aliphatic carbocycles. The Balaban J connectivity index is 2.31. The van der Waals surface area contributed by atoms with Gasteiger partial charge in [-0.15, -0.1) is 0 Å². The lowest BCUT2D eigenvalue weighted by Crippen LogP contribution is -2.43. The molecular formula is C25H34N2O6. The Morgan fingerprint density at radius 3 is 2.45 bits per heavy atom. The van der Waals surface area contributed by atoms with Crippen LogP contribution in [0.4, 0.5) is 0 Å². The van der Waals surface area contributed by atoms with Crippen molar-refractivity contribution in [2.75, 3.05) is 13.2 Å². The summed E-state index contributed by atoms with van der Waals surface area (Å²) in [6, 6.07) is 2.53. The smallest absolute Gasteiger partial charge is 0.342 e. The minimum atomic E-state index is -0.683. The van der Waals surface area contributed by atoms with E-state index in [1.54, 1.807) is 11.0 Å². The zero-order chi connectivity index (χ0) is 24.4. The van der Waals surface area contributed by atoms with Gasteiger partial charge in [-0.25, -0.2) is 4.79 Å². The molecule has 0 bridgehead atoms. The molecule has 1 aromatic rings. The van der Waals surface area contributed by atoms with Crippen LogP contribution in [0.3, 0.4) is 0 Å². The molecule has 0 unspecified atom stereocenters. The van der Waals surface area contributed by atoms with Gasteiger partial charge in [0.05, 0.1) is 12.3 Å². The molecule has 180 valence electrons. The summed E-state index contributed by atoms with van der Waals surface area (Å²) >= 11 is 0. The van der Waals surface area contributed by atoms with Crippen molar-refractivity contribution in [1.29, 1.82) is 0 Å². The summed E-state index contributed by atoms with van der Waals surface area (Å²) in [6.45, 7) is 7.71. The van der Waals surface area contributed by atoms with Gasteiger partial charge in [-0.05, 0) is 64.7 Å². The fourth-order valence-corrected chi connectivity index (χ4v) is 3.72. The Kier molecular flexibility index (Phi) is 9.97. The van der Waals surface area contributed by atoms with Gasteiger partial charge in [0, 0.05) is 24.6 Å². The number of benzene rings is 1. The summed E-state index contributed by atoms with van der Waals surface area (Å²) in [5.41, 5.74) is 0.745. The van der Waals surface area contributed by atoms with Crippen molar-refractivity contribution in [1.82, 2.24) is 4.90 Å². The first-order chi connectivity index (χ1) is 15.7. The third kappa shape index (κ3) is 7.97. The van der Waals surface area contributed by atoms with E-state index >= 15 is 0 Å². The number of esters is 1. The Bertz CT molecular complexity index is 910. The first-order valence-electron chi connectivity index (χ1n) is 11.2. The van der Waals surface area contributed by atoms with Crippen LogP contribution in [0.15, 0.2) is 41.6 Å². The Labute approximate surface area is 195 Å². The number of fused-ring (bicyclic) bond motifs is 1. The lowest BCUT2D eigenvalue weighted by atomic mass is 10.00. The number of cyclic esters (lactones) is 1. The number of ether oxygens (including phenoxy) is 1. The summed E-state index contributed by atoms with van der Waals surface area (Å²) in [7, 11) is 0. The Morgan fingerprint density at radius 1 is 1.09 bits per heavy atom.